The SMILES string of the molecule is [2H]c1c([2H])c([2H])c([Si](c2cccc(-c3cc(C(C)(C)C)cc(C(C)(C)C)c3)c2-[n+]2[c-]n(-c3cccc(Oc4ccc5c6ccccc6n(-c6cc(C(C)(C)C)ccn6)c5c4)c3)c3cc(-c4ccc(C(C)(C)C)cc4)ccc32)(c2c([2H])c([2H])c([2H])c([2H])c2[2H])c2c([2H])c([2H])c([2H])c([2H])c2[2H])c([2H])c1[2H]. The average molecular weight is 1180 g/mol. The summed E-state index contributed by atoms with van der Waals surface area (Å²) in [5, 5.41) is 0.130. The smallest absolute Gasteiger partial charge is 0.269 e. The first-order valence-corrected chi connectivity index (χ1v) is 31.8. The molecule has 0 fully saturated rings. The summed E-state index contributed by atoms with van der Waals surface area (Å²) in [6.45, 7) is 25.5. The summed E-state index contributed by atoms with van der Waals surface area (Å²) < 4.78 is 158. The molecule has 88 heavy (non-hydrogen) atoms. The number of fused-ring (bicyclic) bond motifs is 4. The molecule has 0 bridgehead atoms. The molecule has 0 unspecified atom stereocenters. The average Bonchev–Trinajstić information content (AvgIpc) is 0.966. The molecule has 3 heterocycles. The highest BCUT2D eigenvalue weighted by atomic mass is 28.3. The van der Waals surface area contributed by atoms with Gasteiger partial charge in [0.15, 0.2) is 8.07 Å². The van der Waals surface area contributed by atoms with Crippen LogP contribution in [-0.4, -0.2) is 22.2 Å². The standard InChI is InChI=1S/C82H78N4OSi/c1-79(2,3)59-41-38-56(39-42-59)57-40-45-73-75(50-57)84(63-26-24-27-64(53-63)87-65-43-44-71-70-34-22-23-36-72(70)86(74(71)54-65)77-52-60(46-47-83-77)80(4,5)6)55-85(73)78-69(58-48-61(81(7,8)9)51-62(49-58)82(10,11)12)35-25-37-76(78)88(66-28-16-13-17-29-66,67-30-18-14-19-31-67)68-32-20-15-21-33-68/h13-54H,1-12H3/i13D,14D,15D,16D,17D,18D,19D,20D,21D,28D,29D,30D,31D,32D,33D. The molecule has 0 amide bonds. The topological polar surface area (TPSA) is 35.9 Å². The number of hydrogen-bond acceptors (Lipinski definition) is 2. The van der Waals surface area contributed by atoms with Gasteiger partial charge in [0.25, 0.3) is 6.33 Å². The van der Waals surface area contributed by atoms with E-state index in [4.69, 9.17) is 13.8 Å². The lowest BCUT2D eigenvalue weighted by Crippen LogP contribution is -2.76. The van der Waals surface area contributed by atoms with Gasteiger partial charge in [-0.15, -0.1) is 0 Å². The predicted molar refractivity (Wildman–Crippen MR) is 372 cm³/mol. The van der Waals surface area contributed by atoms with Crippen LogP contribution in [0.1, 0.15) is 126 Å². The van der Waals surface area contributed by atoms with Gasteiger partial charge in [-0.3, -0.25) is 13.7 Å². The normalized spacial score (nSPS) is 14.9. The van der Waals surface area contributed by atoms with Crippen LogP contribution in [0, 0.1) is 6.33 Å². The molecule has 13 aromatic rings. The van der Waals surface area contributed by atoms with Gasteiger partial charge in [0.05, 0.1) is 54.0 Å². The van der Waals surface area contributed by atoms with E-state index in [1.807, 2.05) is 108 Å². The zero-order valence-corrected chi connectivity index (χ0v) is 52.8. The predicted octanol–water partition coefficient (Wildman–Crippen LogP) is 17.9. The number of aromatic nitrogens is 4. The molecule has 0 spiro atoms. The van der Waals surface area contributed by atoms with Crippen molar-refractivity contribution >= 4 is 61.7 Å². The lowest BCUT2D eigenvalue weighted by Gasteiger charge is -2.37. The van der Waals surface area contributed by atoms with Crippen molar-refractivity contribution in [2.75, 3.05) is 0 Å². The van der Waals surface area contributed by atoms with E-state index in [9.17, 15) is 16.4 Å². The third kappa shape index (κ3) is 10.6. The van der Waals surface area contributed by atoms with Crippen LogP contribution in [0.2, 0.25) is 0 Å². The van der Waals surface area contributed by atoms with Gasteiger partial charge in [0, 0.05) is 23.0 Å². The highest BCUT2D eigenvalue weighted by Gasteiger charge is 2.44. The second kappa shape index (κ2) is 22.1. The van der Waals surface area contributed by atoms with Crippen LogP contribution in [0.25, 0.3) is 72.3 Å². The van der Waals surface area contributed by atoms with E-state index in [0.29, 0.717) is 39.3 Å². The first-order valence-electron chi connectivity index (χ1n) is 37.3. The Labute approximate surface area is 542 Å². The van der Waals surface area contributed by atoms with Crippen LogP contribution >= 0.6 is 0 Å². The number of rotatable bonds is 11. The number of pyridine rings is 1. The van der Waals surface area contributed by atoms with Crippen molar-refractivity contribution in [3.05, 3.63) is 283 Å². The number of imidazole rings is 1. The summed E-state index contributed by atoms with van der Waals surface area (Å²) in [7, 11) is -5.85. The summed E-state index contributed by atoms with van der Waals surface area (Å²) in [4.78, 5) is 4.91. The van der Waals surface area contributed by atoms with Gasteiger partial charge in [0.1, 0.15) is 17.3 Å². The number of nitrogens with zero attached hydrogens (tertiary/aromatic N) is 4. The van der Waals surface area contributed by atoms with Gasteiger partial charge in [-0.05, 0) is 142 Å². The van der Waals surface area contributed by atoms with Gasteiger partial charge in [0.2, 0.25) is 0 Å². The maximum absolute atomic E-state index is 10.2. The zero-order valence-electron chi connectivity index (χ0n) is 66.8. The fraction of sp³-hybridized carbons (Fsp3) is 0.195. The molecule has 13 rings (SSSR count). The van der Waals surface area contributed by atoms with Crippen LogP contribution in [0.5, 0.6) is 11.5 Å². The van der Waals surface area contributed by atoms with Crippen molar-refractivity contribution in [3.8, 4) is 50.9 Å². The van der Waals surface area contributed by atoms with Crippen molar-refractivity contribution < 1.29 is 29.9 Å². The second-order valence-electron chi connectivity index (χ2n) is 26.8. The molecule has 0 saturated carbocycles. The number of ether oxygens (including phenoxy) is 1. The Hall–Kier alpha value is -9.36. The van der Waals surface area contributed by atoms with E-state index in [1.165, 1.54) is 0 Å². The molecule has 0 radical (unpaired) electrons. The fourth-order valence-corrected chi connectivity index (χ4v) is 16.0. The first-order chi connectivity index (χ1) is 48.4. The Bertz CT molecular complexity index is 5390. The van der Waals surface area contributed by atoms with Gasteiger partial charge in [-0.25, -0.2) is 4.98 Å². The quantitative estimate of drug-likeness (QED) is 0.0560. The minimum Gasteiger partial charge on any atom is -0.458 e. The minimum atomic E-state index is -5.85. The summed E-state index contributed by atoms with van der Waals surface area (Å²) in [5.41, 5.74) is 8.99. The van der Waals surface area contributed by atoms with Crippen LogP contribution in [0.4, 0.5) is 0 Å². The summed E-state index contributed by atoms with van der Waals surface area (Å²) in [6.07, 6.45) is 5.59. The number of para-hydroxylation sites is 2. The Balaban J connectivity index is 1.19. The van der Waals surface area contributed by atoms with E-state index in [0.717, 1.165) is 61.0 Å². The lowest BCUT2D eigenvalue weighted by atomic mass is 9.79. The van der Waals surface area contributed by atoms with E-state index < -0.39 is 125 Å². The van der Waals surface area contributed by atoms with Crippen molar-refractivity contribution in [2.24, 2.45) is 0 Å². The zero-order chi connectivity index (χ0) is 74.4. The minimum absolute atomic E-state index is 0.0635. The van der Waals surface area contributed by atoms with Crippen molar-refractivity contribution in [2.45, 2.75) is 105 Å². The van der Waals surface area contributed by atoms with Gasteiger partial charge >= 0.3 is 0 Å². The first kappa shape index (κ1) is 42.5. The Morgan fingerprint density at radius 2 is 1.01 bits per heavy atom. The summed E-state index contributed by atoms with van der Waals surface area (Å²) >= 11 is 0. The largest absolute Gasteiger partial charge is 0.458 e. The molecular weight excluding hydrogens is 1090 g/mol. The van der Waals surface area contributed by atoms with E-state index in [2.05, 4.69) is 143 Å². The van der Waals surface area contributed by atoms with Crippen LogP contribution in [0.15, 0.2) is 255 Å². The monoisotopic (exact) mass is 1180 g/mol. The van der Waals surface area contributed by atoms with Gasteiger partial charge in [-0.2, -0.15) is 0 Å². The Kier molecular flexibility index (Phi) is 10.7. The molecule has 10 aromatic carbocycles. The molecule has 0 aliphatic carbocycles. The third-order valence-corrected chi connectivity index (χ3v) is 21.0. The lowest BCUT2D eigenvalue weighted by molar-refractivity contribution is -0.570. The molecule has 0 N–H and O–H groups in total. The molecule has 0 aliphatic heterocycles. The van der Waals surface area contributed by atoms with Crippen molar-refractivity contribution in [1.29, 1.82) is 0 Å². The van der Waals surface area contributed by atoms with E-state index >= 15 is 0 Å². The molecule has 436 valence electrons. The van der Waals surface area contributed by atoms with E-state index in [-0.39, 0.29) is 21.7 Å². The highest BCUT2D eigenvalue weighted by Crippen LogP contribution is 2.39. The number of benzene rings is 10. The van der Waals surface area contributed by atoms with Crippen LogP contribution in [-0.2, 0) is 21.7 Å². The fourth-order valence-electron chi connectivity index (χ4n) is 12.0. The molecule has 6 heteroatoms. The van der Waals surface area contributed by atoms with Crippen LogP contribution < -0.4 is 30.1 Å². The van der Waals surface area contributed by atoms with Gasteiger partial charge < -0.3 is 4.74 Å². The van der Waals surface area contributed by atoms with Crippen LogP contribution in [0.3, 0.4) is 0 Å². The summed E-state index contributed by atoms with van der Waals surface area (Å²) in [6, 6.07) is 38.4. The Morgan fingerprint density at radius 1 is 0.443 bits per heavy atom. The molecule has 0 aliphatic rings. The molecule has 3 aromatic heterocycles. The molecule has 0 atom stereocenters. The highest BCUT2D eigenvalue weighted by molar-refractivity contribution is 7.20. The van der Waals surface area contributed by atoms with Crippen molar-refractivity contribution in [1.82, 2.24) is 14.1 Å². The summed E-state index contributed by atoms with van der Waals surface area (Å²) in [5.74, 6) is 1.72. The van der Waals surface area contributed by atoms with E-state index in [1.54, 1.807) is 16.7 Å². The maximum Gasteiger partial charge on any atom is 0.269 e. The third-order valence-electron chi connectivity index (χ3n) is 16.8. The van der Waals surface area contributed by atoms with Crippen molar-refractivity contribution in [3.63, 3.8) is 0 Å². The molecule has 0 saturated heterocycles. The molecular formula is C82H78N4OSi. The maximum atomic E-state index is 10.2. The Morgan fingerprint density at radius 3 is 1.62 bits per heavy atom. The molecule has 5 nitrogen and oxygen atoms in total. The number of hydrogen-bond donors (Lipinski definition) is 0. The van der Waals surface area contributed by atoms with Gasteiger partial charge in [-0.1, -0.05) is 271 Å². The second-order valence-corrected chi connectivity index (χ2v) is 30.4.